The number of nitrogens with zero attached hydrogens (tertiary/aromatic N) is 1. The van der Waals surface area contributed by atoms with E-state index in [-0.39, 0.29) is 5.56 Å². The molecule has 4 nitrogen and oxygen atoms in total. The zero-order valence-electron chi connectivity index (χ0n) is 14.0. The number of anilines is 3. The second-order valence-corrected chi connectivity index (χ2v) is 5.81. The highest BCUT2D eigenvalue weighted by Crippen LogP contribution is 2.21. The van der Waals surface area contributed by atoms with Crippen molar-refractivity contribution in [2.75, 3.05) is 10.6 Å². The topological polar surface area (TPSA) is 54.0 Å². The fourth-order valence-corrected chi connectivity index (χ4v) is 2.39. The van der Waals surface area contributed by atoms with Crippen molar-refractivity contribution in [3.8, 4) is 0 Å². The quantitative estimate of drug-likeness (QED) is 0.718. The number of halogens is 1. The number of rotatable bonds is 4. The van der Waals surface area contributed by atoms with Gasteiger partial charge in [-0.05, 0) is 55.3 Å². The van der Waals surface area contributed by atoms with E-state index in [4.69, 9.17) is 0 Å². The van der Waals surface area contributed by atoms with E-state index in [1.165, 1.54) is 18.3 Å². The largest absolute Gasteiger partial charge is 0.340 e. The third-order valence-electron chi connectivity index (χ3n) is 3.80. The Labute approximate surface area is 145 Å². The minimum Gasteiger partial charge on any atom is -0.340 e. The molecule has 0 aliphatic rings. The van der Waals surface area contributed by atoms with E-state index >= 15 is 0 Å². The lowest BCUT2D eigenvalue weighted by Crippen LogP contribution is -2.13. The number of carbonyl (C=O) groups is 1. The van der Waals surface area contributed by atoms with Gasteiger partial charge in [0.05, 0.1) is 17.4 Å². The van der Waals surface area contributed by atoms with Crippen LogP contribution in [0.5, 0.6) is 0 Å². The van der Waals surface area contributed by atoms with E-state index in [1.54, 1.807) is 24.3 Å². The van der Waals surface area contributed by atoms with Gasteiger partial charge >= 0.3 is 0 Å². The Morgan fingerprint density at radius 2 is 1.84 bits per heavy atom. The molecule has 1 amide bonds. The number of carbonyl (C=O) groups excluding carboxylic acids is 1. The number of aromatic nitrogens is 1. The second-order valence-electron chi connectivity index (χ2n) is 5.81. The zero-order valence-corrected chi connectivity index (χ0v) is 14.0. The Balaban J connectivity index is 1.71. The molecule has 2 aromatic carbocycles. The molecule has 0 radical (unpaired) electrons. The summed E-state index contributed by atoms with van der Waals surface area (Å²) in [5, 5.41) is 5.89. The van der Waals surface area contributed by atoms with Crippen LogP contribution >= 0.6 is 0 Å². The van der Waals surface area contributed by atoms with Crippen LogP contribution in [0.25, 0.3) is 0 Å². The van der Waals surface area contributed by atoms with Crippen molar-refractivity contribution in [3.63, 3.8) is 0 Å². The highest BCUT2D eigenvalue weighted by Gasteiger charge is 2.11. The summed E-state index contributed by atoms with van der Waals surface area (Å²) in [6.45, 7) is 4.05. The average Bonchev–Trinajstić information content (AvgIpc) is 2.60. The Bertz CT molecular complexity index is 907. The number of aryl methyl sites for hydroxylation is 2. The van der Waals surface area contributed by atoms with Crippen molar-refractivity contribution in [2.45, 2.75) is 13.8 Å². The minimum absolute atomic E-state index is 0.0000806. The number of hydrogen-bond acceptors (Lipinski definition) is 3. The molecular weight excluding hydrogens is 317 g/mol. The van der Waals surface area contributed by atoms with Crippen molar-refractivity contribution >= 4 is 23.1 Å². The van der Waals surface area contributed by atoms with Crippen LogP contribution in [-0.4, -0.2) is 10.9 Å². The molecule has 2 N–H and O–H groups in total. The summed E-state index contributed by atoms with van der Waals surface area (Å²) in [6.07, 6.45) is 1.53. The summed E-state index contributed by atoms with van der Waals surface area (Å²) in [6, 6.07) is 15.5. The smallest absolute Gasteiger partial charge is 0.258 e. The Hall–Kier alpha value is -3.21. The van der Waals surface area contributed by atoms with Gasteiger partial charge in [0.2, 0.25) is 0 Å². The van der Waals surface area contributed by atoms with E-state index in [0.29, 0.717) is 11.5 Å². The molecule has 0 saturated carbocycles. The van der Waals surface area contributed by atoms with Crippen molar-refractivity contribution < 1.29 is 9.18 Å². The van der Waals surface area contributed by atoms with Gasteiger partial charge in [0.15, 0.2) is 0 Å². The molecule has 1 heterocycles. The Morgan fingerprint density at radius 1 is 1.04 bits per heavy atom. The molecule has 0 aliphatic carbocycles. The van der Waals surface area contributed by atoms with E-state index in [2.05, 4.69) is 21.7 Å². The van der Waals surface area contributed by atoms with E-state index in [1.807, 2.05) is 26.0 Å². The van der Waals surface area contributed by atoms with Crippen LogP contribution in [0.15, 0.2) is 60.8 Å². The third kappa shape index (κ3) is 4.01. The summed E-state index contributed by atoms with van der Waals surface area (Å²) in [4.78, 5) is 16.4. The van der Waals surface area contributed by atoms with Gasteiger partial charge < -0.3 is 10.6 Å². The monoisotopic (exact) mass is 335 g/mol. The first-order valence-electron chi connectivity index (χ1n) is 7.89. The molecule has 3 rings (SSSR count). The molecule has 0 spiro atoms. The van der Waals surface area contributed by atoms with E-state index in [0.717, 1.165) is 16.8 Å². The molecule has 0 unspecified atom stereocenters. The molecule has 5 heteroatoms. The highest BCUT2D eigenvalue weighted by molar-refractivity contribution is 6.04. The van der Waals surface area contributed by atoms with Crippen molar-refractivity contribution in [1.29, 1.82) is 0 Å². The van der Waals surface area contributed by atoms with Crippen LogP contribution in [0.2, 0.25) is 0 Å². The van der Waals surface area contributed by atoms with Crippen LogP contribution in [0, 0.1) is 19.7 Å². The second kappa shape index (κ2) is 7.13. The maximum absolute atomic E-state index is 13.6. The van der Waals surface area contributed by atoms with Crippen molar-refractivity contribution in [3.05, 3.63) is 83.3 Å². The molecule has 0 fully saturated rings. The van der Waals surface area contributed by atoms with Gasteiger partial charge in [0, 0.05) is 5.69 Å². The molecule has 0 saturated heterocycles. The first kappa shape index (κ1) is 16.6. The fraction of sp³-hybridized carbons (Fsp3) is 0.100. The van der Waals surface area contributed by atoms with E-state index < -0.39 is 11.7 Å². The molecular formula is C20H18FN3O. The molecule has 3 aromatic rings. The van der Waals surface area contributed by atoms with Gasteiger partial charge in [0.25, 0.3) is 5.91 Å². The first-order chi connectivity index (χ1) is 12.0. The number of hydrogen-bond donors (Lipinski definition) is 2. The standard InChI is InChI=1S/C20H18FN3O/c1-13-7-8-14(2)18(11-13)24-19-10-9-15(12-22-19)23-20(25)16-5-3-4-6-17(16)21/h3-12H,1-2H3,(H,22,24)(H,23,25). The van der Waals surface area contributed by atoms with Crippen LogP contribution in [0.3, 0.4) is 0 Å². The third-order valence-corrected chi connectivity index (χ3v) is 3.80. The highest BCUT2D eigenvalue weighted by atomic mass is 19.1. The SMILES string of the molecule is Cc1ccc(C)c(Nc2ccc(NC(=O)c3ccccc3F)cn2)c1. The number of amides is 1. The lowest BCUT2D eigenvalue weighted by Gasteiger charge is -2.11. The number of nitrogens with one attached hydrogen (secondary N) is 2. The van der Waals surface area contributed by atoms with Crippen LogP contribution in [-0.2, 0) is 0 Å². The van der Waals surface area contributed by atoms with E-state index in [9.17, 15) is 9.18 Å². The molecule has 0 bridgehead atoms. The van der Waals surface area contributed by atoms with Crippen molar-refractivity contribution in [2.24, 2.45) is 0 Å². The Morgan fingerprint density at radius 3 is 2.56 bits per heavy atom. The predicted molar refractivity (Wildman–Crippen MR) is 97.8 cm³/mol. The molecule has 0 atom stereocenters. The number of pyridine rings is 1. The zero-order chi connectivity index (χ0) is 17.8. The average molecular weight is 335 g/mol. The summed E-state index contributed by atoms with van der Waals surface area (Å²) in [5.74, 6) is -0.395. The van der Waals surface area contributed by atoms with Crippen LogP contribution in [0.1, 0.15) is 21.5 Å². The van der Waals surface area contributed by atoms with Gasteiger partial charge in [-0.2, -0.15) is 0 Å². The maximum Gasteiger partial charge on any atom is 0.258 e. The van der Waals surface area contributed by atoms with Crippen molar-refractivity contribution in [1.82, 2.24) is 4.98 Å². The Kier molecular flexibility index (Phi) is 4.75. The fourth-order valence-electron chi connectivity index (χ4n) is 2.39. The predicted octanol–water partition coefficient (Wildman–Crippen LogP) is 4.83. The van der Waals surface area contributed by atoms with Gasteiger partial charge in [-0.25, -0.2) is 9.37 Å². The van der Waals surface area contributed by atoms with Crippen LogP contribution in [0.4, 0.5) is 21.6 Å². The lowest BCUT2D eigenvalue weighted by atomic mass is 10.1. The molecule has 1 aromatic heterocycles. The summed E-state index contributed by atoms with van der Waals surface area (Å²) in [5.41, 5.74) is 3.75. The first-order valence-corrected chi connectivity index (χ1v) is 7.89. The van der Waals surface area contributed by atoms with Gasteiger partial charge in [0.1, 0.15) is 11.6 Å². The van der Waals surface area contributed by atoms with Gasteiger partial charge in [-0.1, -0.05) is 24.3 Å². The molecule has 25 heavy (non-hydrogen) atoms. The van der Waals surface area contributed by atoms with Crippen LogP contribution < -0.4 is 10.6 Å². The molecule has 126 valence electrons. The normalized spacial score (nSPS) is 10.4. The lowest BCUT2D eigenvalue weighted by molar-refractivity contribution is 0.102. The summed E-state index contributed by atoms with van der Waals surface area (Å²) >= 11 is 0. The minimum atomic E-state index is -0.554. The van der Waals surface area contributed by atoms with Gasteiger partial charge in [-0.3, -0.25) is 4.79 Å². The number of benzene rings is 2. The summed E-state index contributed by atoms with van der Waals surface area (Å²) in [7, 11) is 0. The summed E-state index contributed by atoms with van der Waals surface area (Å²) < 4.78 is 13.6. The molecule has 0 aliphatic heterocycles. The maximum atomic E-state index is 13.6. The van der Waals surface area contributed by atoms with Gasteiger partial charge in [-0.15, -0.1) is 0 Å².